The number of aromatic nitrogens is 4. The van der Waals surface area contributed by atoms with Crippen molar-refractivity contribution in [3.63, 3.8) is 0 Å². The summed E-state index contributed by atoms with van der Waals surface area (Å²) in [5.74, 6) is 0.791. The highest BCUT2D eigenvalue weighted by Crippen LogP contribution is 2.29. The molecule has 30 heavy (non-hydrogen) atoms. The van der Waals surface area contributed by atoms with Gasteiger partial charge in [-0.3, -0.25) is 14.8 Å². The number of rotatable bonds is 7. The van der Waals surface area contributed by atoms with Crippen molar-refractivity contribution in [3.05, 3.63) is 88.2 Å². The lowest BCUT2D eigenvalue weighted by Crippen LogP contribution is -2.24. The average molecular weight is 440 g/mol. The Kier molecular flexibility index (Phi) is 6.26. The zero-order valence-corrected chi connectivity index (χ0v) is 17.6. The predicted molar refractivity (Wildman–Crippen MR) is 117 cm³/mol. The smallest absolute Gasteiger partial charge is 0.222 e. The standard InChI is InChI=1S/C22H19Cl2N5O/c23-17-11-19-20(12-18(17)24)29(21(28-19)10-16-2-1-6-26-13-16)9-5-22(30)27-14-15-3-7-25-8-4-15/h1-4,6-8,11-13H,5,9-10,14H2,(H,27,30). The van der Waals surface area contributed by atoms with Gasteiger partial charge in [-0.05, 0) is 41.5 Å². The largest absolute Gasteiger partial charge is 0.352 e. The van der Waals surface area contributed by atoms with Crippen molar-refractivity contribution < 1.29 is 4.79 Å². The molecule has 152 valence electrons. The number of pyridine rings is 2. The fourth-order valence-electron chi connectivity index (χ4n) is 3.24. The van der Waals surface area contributed by atoms with Crippen LogP contribution in [0.5, 0.6) is 0 Å². The molecule has 0 atom stereocenters. The van der Waals surface area contributed by atoms with Crippen LogP contribution in [-0.2, 0) is 24.3 Å². The van der Waals surface area contributed by atoms with Gasteiger partial charge in [0.05, 0.1) is 21.1 Å². The molecule has 1 amide bonds. The Labute approximate surface area is 183 Å². The Morgan fingerprint density at radius 1 is 1.00 bits per heavy atom. The molecule has 6 nitrogen and oxygen atoms in total. The predicted octanol–water partition coefficient (Wildman–Crippen LogP) is 4.43. The first-order chi connectivity index (χ1) is 14.6. The molecule has 4 aromatic rings. The SMILES string of the molecule is O=C(CCn1c(Cc2cccnc2)nc2cc(Cl)c(Cl)cc21)NCc1ccncc1. The average Bonchev–Trinajstić information content (AvgIpc) is 3.08. The Morgan fingerprint density at radius 2 is 1.80 bits per heavy atom. The highest BCUT2D eigenvalue weighted by molar-refractivity contribution is 6.42. The number of halogens is 2. The Balaban J connectivity index is 1.54. The maximum absolute atomic E-state index is 12.4. The van der Waals surface area contributed by atoms with Crippen LogP contribution < -0.4 is 5.32 Å². The molecule has 0 saturated heterocycles. The zero-order valence-electron chi connectivity index (χ0n) is 16.1. The number of carbonyl (C=O) groups is 1. The van der Waals surface area contributed by atoms with Crippen LogP contribution in [0.2, 0.25) is 10.0 Å². The molecule has 0 fully saturated rings. The number of fused-ring (bicyclic) bond motifs is 1. The molecule has 0 unspecified atom stereocenters. The van der Waals surface area contributed by atoms with E-state index in [-0.39, 0.29) is 5.91 Å². The Morgan fingerprint density at radius 3 is 2.57 bits per heavy atom. The highest BCUT2D eigenvalue weighted by atomic mass is 35.5. The van der Waals surface area contributed by atoms with Crippen LogP contribution in [0.15, 0.2) is 61.2 Å². The van der Waals surface area contributed by atoms with E-state index in [4.69, 9.17) is 28.2 Å². The molecule has 0 aliphatic rings. The minimum Gasteiger partial charge on any atom is -0.352 e. The molecule has 1 aromatic carbocycles. The molecule has 0 saturated carbocycles. The lowest BCUT2D eigenvalue weighted by molar-refractivity contribution is -0.121. The summed E-state index contributed by atoms with van der Waals surface area (Å²) < 4.78 is 2.02. The third-order valence-electron chi connectivity index (χ3n) is 4.76. The van der Waals surface area contributed by atoms with Crippen LogP contribution in [0.25, 0.3) is 11.0 Å². The minimum atomic E-state index is -0.0407. The molecule has 3 aromatic heterocycles. The summed E-state index contributed by atoms with van der Waals surface area (Å²) >= 11 is 12.4. The summed E-state index contributed by atoms with van der Waals surface area (Å²) in [5.41, 5.74) is 3.64. The van der Waals surface area contributed by atoms with Crippen molar-refractivity contribution in [1.29, 1.82) is 0 Å². The van der Waals surface area contributed by atoms with Crippen LogP contribution in [0.1, 0.15) is 23.4 Å². The van der Waals surface area contributed by atoms with Crippen LogP contribution in [-0.4, -0.2) is 25.4 Å². The molecule has 0 radical (unpaired) electrons. The van der Waals surface area contributed by atoms with Gasteiger partial charge in [-0.15, -0.1) is 0 Å². The molecular formula is C22H19Cl2N5O. The van der Waals surface area contributed by atoms with Crippen molar-refractivity contribution in [2.75, 3.05) is 0 Å². The number of benzene rings is 1. The number of hydrogen-bond donors (Lipinski definition) is 1. The van der Waals surface area contributed by atoms with Gasteiger partial charge in [-0.25, -0.2) is 4.98 Å². The van der Waals surface area contributed by atoms with E-state index < -0.39 is 0 Å². The summed E-state index contributed by atoms with van der Waals surface area (Å²) in [6.07, 6.45) is 7.87. The second-order valence-electron chi connectivity index (χ2n) is 6.85. The fraction of sp³-hybridized carbons (Fsp3) is 0.182. The first-order valence-corrected chi connectivity index (χ1v) is 10.2. The van der Waals surface area contributed by atoms with E-state index in [9.17, 15) is 4.79 Å². The van der Waals surface area contributed by atoms with Crippen molar-refractivity contribution in [3.8, 4) is 0 Å². The topological polar surface area (TPSA) is 72.7 Å². The third-order valence-corrected chi connectivity index (χ3v) is 5.48. The van der Waals surface area contributed by atoms with E-state index >= 15 is 0 Å². The molecular weight excluding hydrogens is 421 g/mol. The van der Waals surface area contributed by atoms with Gasteiger partial charge >= 0.3 is 0 Å². The van der Waals surface area contributed by atoms with E-state index in [2.05, 4.69) is 15.3 Å². The van der Waals surface area contributed by atoms with Gasteiger partial charge in [0.25, 0.3) is 0 Å². The molecule has 0 aliphatic heterocycles. The summed E-state index contributed by atoms with van der Waals surface area (Å²) in [6.45, 7) is 0.947. The lowest BCUT2D eigenvalue weighted by Gasteiger charge is -2.10. The maximum Gasteiger partial charge on any atom is 0.222 e. The molecule has 0 spiro atoms. The molecule has 1 N–H and O–H groups in total. The number of nitrogens with zero attached hydrogens (tertiary/aromatic N) is 4. The number of amides is 1. The quantitative estimate of drug-likeness (QED) is 0.462. The van der Waals surface area contributed by atoms with Crippen molar-refractivity contribution in [2.45, 2.75) is 25.9 Å². The minimum absolute atomic E-state index is 0.0407. The molecule has 0 bridgehead atoms. The second-order valence-corrected chi connectivity index (χ2v) is 7.67. The van der Waals surface area contributed by atoms with Gasteiger partial charge < -0.3 is 9.88 Å². The summed E-state index contributed by atoms with van der Waals surface area (Å²) in [5, 5.41) is 3.86. The molecule has 8 heteroatoms. The molecule has 4 rings (SSSR count). The van der Waals surface area contributed by atoms with E-state index in [1.54, 1.807) is 30.7 Å². The summed E-state index contributed by atoms with van der Waals surface area (Å²) in [4.78, 5) is 25.3. The number of aryl methyl sites for hydroxylation is 1. The lowest BCUT2D eigenvalue weighted by atomic mass is 10.2. The summed E-state index contributed by atoms with van der Waals surface area (Å²) in [6, 6.07) is 11.2. The number of carbonyl (C=O) groups excluding carboxylic acids is 1. The van der Waals surface area contributed by atoms with E-state index in [0.29, 0.717) is 36.0 Å². The zero-order chi connectivity index (χ0) is 20.9. The number of nitrogens with one attached hydrogen (secondary N) is 1. The van der Waals surface area contributed by atoms with Crippen molar-refractivity contribution in [1.82, 2.24) is 24.8 Å². The fourth-order valence-corrected chi connectivity index (χ4v) is 3.56. The molecule has 0 aliphatic carbocycles. The van der Waals surface area contributed by atoms with Gasteiger partial charge in [-0.2, -0.15) is 0 Å². The van der Waals surface area contributed by atoms with Gasteiger partial charge in [0.2, 0.25) is 5.91 Å². The monoisotopic (exact) mass is 439 g/mol. The third kappa shape index (κ3) is 4.78. The van der Waals surface area contributed by atoms with Gasteiger partial charge in [0, 0.05) is 50.7 Å². The molecule has 3 heterocycles. The van der Waals surface area contributed by atoms with Gasteiger partial charge in [-0.1, -0.05) is 29.3 Å². The van der Waals surface area contributed by atoms with E-state index in [0.717, 1.165) is 28.0 Å². The first-order valence-electron chi connectivity index (χ1n) is 9.49. The van der Waals surface area contributed by atoms with E-state index in [1.807, 2.05) is 35.0 Å². The van der Waals surface area contributed by atoms with Crippen LogP contribution in [0.4, 0.5) is 0 Å². The highest BCUT2D eigenvalue weighted by Gasteiger charge is 2.15. The summed E-state index contributed by atoms with van der Waals surface area (Å²) in [7, 11) is 0. The number of imidazole rings is 1. The Hall–Kier alpha value is -2.96. The van der Waals surface area contributed by atoms with Gasteiger partial charge in [0.15, 0.2) is 0 Å². The maximum atomic E-state index is 12.4. The second kappa shape index (κ2) is 9.24. The van der Waals surface area contributed by atoms with Crippen molar-refractivity contribution >= 4 is 40.1 Å². The Bertz CT molecular complexity index is 1160. The van der Waals surface area contributed by atoms with Gasteiger partial charge in [0.1, 0.15) is 5.82 Å². The number of hydrogen-bond acceptors (Lipinski definition) is 4. The van der Waals surface area contributed by atoms with Crippen LogP contribution in [0.3, 0.4) is 0 Å². The van der Waals surface area contributed by atoms with Crippen molar-refractivity contribution in [2.24, 2.45) is 0 Å². The first kappa shape index (κ1) is 20.3. The van der Waals surface area contributed by atoms with E-state index in [1.165, 1.54) is 0 Å². The normalized spacial score (nSPS) is 11.0. The van der Waals surface area contributed by atoms with Crippen LogP contribution in [0, 0.1) is 0 Å². The van der Waals surface area contributed by atoms with Crippen LogP contribution >= 0.6 is 23.2 Å².